The van der Waals surface area contributed by atoms with Crippen molar-refractivity contribution in [3.8, 4) is 0 Å². The highest BCUT2D eigenvalue weighted by molar-refractivity contribution is 5.78. The molecule has 1 fully saturated rings. The van der Waals surface area contributed by atoms with E-state index in [1.165, 1.54) is 0 Å². The van der Waals surface area contributed by atoms with Gasteiger partial charge in [0, 0.05) is 10.8 Å². The molecule has 1 aromatic heterocycles. The van der Waals surface area contributed by atoms with Crippen LogP contribution in [0.25, 0.3) is 10.9 Å². The maximum absolute atomic E-state index is 9.68. The Bertz CT molecular complexity index is 576. The molecule has 0 bridgehead atoms. The summed E-state index contributed by atoms with van der Waals surface area (Å²) in [5.74, 6) is 0. The Morgan fingerprint density at radius 3 is 2.53 bits per heavy atom. The quantitative estimate of drug-likeness (QED) is 0.855. The Labute approximate surface area is 101 Å². The van der Waals surface area contributed by atoms with Crippen LogP contribution < -0.4 is 0 Å². The first-order valence-electron chi connectivity index (χ1n) is 6.06. The molecule has 1 aliphatic rings. The summed E-state index contributed by atoms with van der Waals surface area (Å²) in [4.78, 5) is 4.72. The summed E-state index contributed by atoms with van der Waals surface area (Å²) in [6.07, 6.45) is 1.02. The standard InChI is InChI=1S/C15H17NO/c1-14(2)9-15(14,10-17)13-8-7-11-5-3-4-6-12(11)16-13/h3-8,17H,9-10H2,1-2H3. The molecule has 0 spiro atoms. The fourth-order valence-corrected chi connectivity index (χ4v) is 2.83. The van der Waals surface area contributed by atoms with E-state index in [2.05, 4.69) is 32.0 Å². The number of aromatic nitrogens is 1. The predicted molar refractivity (Wildman–Crippen MR) is 68.9 cm³/mol. The maximum atomic E-state index is 9.68. The first kappa shape index (κ1) is 10.7. The maximum Gasteiger partial charge on any atom is 0.0705 e. The van der Waals surface area contributed by atoms with Crippen molar-refractivity contribution in [1.29, 1.82) is 0 Å². The van der Waals surface area contributed by atoms with E-state index in [0.29, 0.717) is 0 Å². The Balaban J connectivity index is 2.13. The molecule has 3 rings (SSSR count). The minimum atomic E-state index is -0.128. The van der Waals surface area contributed by atoms with E-state index < -0.39 is 0 Å². The number of fused-ring (bicyclic) bond motifs is 1. The molecule has 1 heterocycles. The van der Waals surface area contributed by atoms with Crippen LogP contribution in [-0.2, 0) is 5.41 Å². The topological polar surface area (TPSA) is 33.1 Å². The lowest BCUT2D eigenvalue weighted by atomic mass is 9.92. The van der Waals surface area contributed by atoms with Crippen LogP contribution in [0.4, 0.5) is 0 Å². The number of rotatable bonds is 2. The molecular weight excluding hydrogens is 210 g/mol. The average molecular weight is 227 g/mol. The fourth-order valence-electron chi connectivity index (χ4n) is 2.83. The molecule has 2 heteroatoms. The Morgan fingerprint density at radius 1 is 1.18 bits per heavy atom. The van der Waals surface area contributed by atoms with Crippen LogP contribution in [-0.4, -0.2) is 16.7 Å². The van der Waals surface area contributed by atoms with Crippen LogP contribution in [0, 0.1) is 5.41 Å². The van der Waals surface area contributed by atoms with Crippen molar-refractivity contribution in [2.24, 2.45) is 5.41 Å². The van der Waals surface area contributed by atoms with Crippen LogP contribution in [0.5, 0.6) is 0 Å². The van der Waals surface area contributed by atoms with Crippen LogP contribution in [0.1, 0.15) is 26.0 Å². The van der Waals surface area contributed by atoms with Crippen molar-refractivity contribution in [2.45, 2.75) is 25.7 Å². The monoisotopic (exact) mass is 227 g/mol. The molecule has 0 saturated heterocycles. The number of hydrogen-bond acceptors (Lipinski definition) is 2. The lowest BCUT2D eigenvalue weighted by Gasteiger charge is -2.17. The first-order valence-corrected chi connectivity index (χ1v) is 6.06. The number of aliphatic hydroxyl groups excluding tert-OH is 1. The summed E-state index contributed by atoms with van der Waals surface area (Å²) >= 11 is 0. The lowest BCUT2D eigenvalue weighted by Crippen LogP contribution is -2.20. The second-order valence-corrected chi connectivity index (χ2v) is 5.69. The third-order valence-corrected chi connectivity index (χ3v) is 4.27. The molecule has 1 aromatic carbocycles. The number of benzene rings is 1. The number of para-hydroxylation sites is 1. The Hall–Kier alpha value is -1.41. The molecule has 0 amide bonds. The predicted octanol–water partition coefficient (Wildman–Crippen LogP) is 2.89. The van der Waals surface area contributed by atoms with Gasteiger partial charge in [-0.3, -0.25) is 4.98 Å². The molecule has 2 aromatic rings. The van der Waals surface area contributed by atoms with Crippen molar-refractivity contribution < 1.29 is 5.11 Å². The summed E-state index contributed by atoms with van der Waals surface area (Å²) in [5, 5.41) is 10.8. The van der Waals surface area contributed by atoms with E-state index in [0.717, 1.165) is 23.0 Å². The molecule has 0 radical (unpaired) electrons. The highest BCUT2D eigenvalue weighted by atomic mass is 16.3. The van der Waals surface area contributed by atoms with Crippen LogP contribution in [0.15, 0.2) is 36.4 Å². The van der Waals surface area contributed by atoms with Crippen LogP contribution in [0.3, 0.4) is 0 Å². The van der Waals surface area contributed by atoms with Gasteiger partial charge in [-0.15, -0.1) is 0 Å². The fraction of sp³-hybridized carbons (Fsp3) is 0.400. The minimum Gasteiger partial charge on any atom is -0.395 e. The second kappa shape index (κ2) is 3.30. The smallest absolute Gasteiger partial charge is 0.0705 e. The third kappa shape index (κ3) is 1.40. The lowest BCUT2D eigenvalue weighted by molar-refractivity contribution is 0.229. The van der Waals surface area contributed by atoms with Crippen LogP contribution in [0.2, 0.25) is 0 Å². The normalized spacial score (nSPS) is 26.1. The molecule has 17 heavy (non-hydrogen) atoms. The molecule has 1 atom stereocenters. The Morgan fingerprint density at radius 2 is 1.88 bits per heavy atom. The van der Waals surface area contributed by atoms with Crippen molar-refractivity contribution >= 4 is 10.9 Å². The highest BCUT2D eigenvalue weighted by Crippen LogP contribution is 2.63. The van der Waals surface area contributed by atoms with E-state index in [-0.39, 0.29) is 17.4 Å². The molecule has 88 valence electrons. The molecule has 2 nitrogen and oxygen atoms in total. The van der Waals surface area contributed by atoms with E-state index in [9.17, 15) is 5.11 Å². The van der Waals surface area contributed by atoms with E-state index in [1.54, 1.807) is 0 Å². The van der Waals surface area contributed by atoms with Gasteiger partial charge < -0.3 is 5.11 Å². The second-order valence-electron chi connectivity index (χ2n) is 5.69. The summed E-state index contributed by atoms with van der Waals surface area (Å²) in [6.45, 7) is 4.57. The van der Waals surface area contributed by atoms with Gasteiger partial charge in [0.25, 0.3) is 0 Å². The van der Waals surface area contributed by atoms with Gasteiger partial charge in [0.15, 0.2) is 0 Å². The van der Waals surface area contributed by atoms with Crippen molar-refractivity contribution in [1.82, 2.24) is 4.98 Å². The molecule has 1 aliphatic carbocycles. The van der Waals surface area contributed by atoms with Gasteiger partial charge in [-0.2, -0.15) is 0 Å². The zero-order valence-electron chi connectivity index (χ0n) is 10.3. The number of pyridine rings is 1. The highest BCUT2D eigenvalue weighted by Gasteiger charge is 2.62. The van der Waals surface area contributed by atoms with Crippen LogP contribution >= 0.6 is 0 Å². The summed E-state index contributed by atoms with van der Waals surface area (Å²) in [5.41, 5.74) is 2.08. The van der Waals surface area contributed by atoms with Gasteiger partial charge in [0.1, 0.15) is 0 Å². The van der Waals surface area contributed by atoms with Crippen molar-refractivity contribution in [2.75, 3.05) is 6.61 Å². The zero-order valence-corrected chi connectivity index (χ0v) is 10.3. The summed E-state index contributed by atoms with van der Waals surface area (Å²) in [6, 6.07) is 12.3. The van der Waals surface area contributed by atoms with Gasteiger partial charge in [-0.05, 0) is 24.0 Å². The third-order valence-electron chi connectivity index (χ3n) is 4.27. The van der Waals surface area contributed by atoms with Gasteiger partial charge in [0.2, 0.25) is 0 Å². The van der Waals surface area contributed by atoms with E-state index in [4.69, 9.17) is 4.98 Å². The van der Waals surface area contributed by atoms with E-state index >= 15 is 0 Å². The molecule has 1 unspecified atom stereocenters. The van der Waals surface area contributed by atoms with Crippen molar-refractivity contribution in [3.63, 3.8) is 0 Å². The molecular formula is C15H17NO. The minimum absolute atomic E-state index is 0.128. The van der Waals surface area contributed by atoms with Gasteiger partial charge >= 0.3 is 0 Å². The van der Waals surface area contributed by atoms with Gasteiger partial charge in [-0.1, -0.05) is 38.1 Å². The first-order chi connectivity index (χ1) is 8.09. The molecule has 1 N–H and O–H groups in total. The van der Waals surface area contributed by atoms with Gasteiger partial charge in [-0.25, -0.2) is 0 Å². The van der Waals surface area contributed by atoms with Gasteiger partial charge in [0.05, 0.1) is 17.8 Å². The SMILES string of the molecule is CC1(C)CC1(CO)c1ccc2ccccc2n1. The number of nitrogens with zero attached hydrogens (tertiary/aromatic N) is 1. The summed E-state index contributed by atoms with van der Waals surface area (Å²) < 4.78 is 0. The summed E-state index contributed by atoms with van der Waals surface area (Å²) in [7, 11) is 0. The largest absolute Gasteiger partial charge is 0.395 e. The number of hydrogen-bond donors (Lipinski definition) is 1. The Kier molecular flexibility index (Phi) is 2.08. The van der Waals surface area contributed by atoms with E-state index in [1.807, 2.05) is 18.2 Å². The molecule has 0 aliphatic heterocycles. The zero-order chi connectivity index (χ0) is 12.1. The molecule has 1 saturated carbocycles. The number of aliphatic hydroxyl groups is 1. The van der Waals surface area contributed by atoms with Crippen molar-refractivity contribution in [3.05, 3.63) is 42.1 Å². The average Bonchev–Trinajstić information content (AvgIpc) is 2.92.